The third-order valence-electron chi connectivity index (χ3n) is 4.40. The average Bonchev–Trinajstić information content (AvgIpc) is 3.24. The van der Waals surface area contributed by atoms with Crippen LogP contribution < -0.4 is 14.2 Å². The Morgan fingerprint density at radius 3 is 2.45 bits per heavy atom. The quantitative estimate of drug-likeness (QED) is 0.390. The number of rotatable bonds is 10. The van der Waals surface area contributed by atoms with E-state index in [0.717, 1.165) is 10.7 Å². The van der Waals surface area contributed by atoms with Gasteiger partial charge < -0.3 is 19.1 Å². The van der Waals surface area contributed by atoms with E-state index >= 15 is 0 Å². The monoisotopic (exact) mass is 458 g/mol. The van der Waals surface area contributed by atoms with Crippen LogP contribution in [0.3, 0.4) is 0 Å². The van der Waals surface area contributed by atoms with Crippen LogP contribution in [0.4, 0.5) is 0 Å². The van der Waals surface area contributed by atoms with Crippen LogP contribution in [0, 0.1) is 0 Å². The summed E-state index contributed by atoms with van der Waals surface area (Å²) in [4.78, 5) is 19.2. The summed E-state index contributed by atoms with van der Waals surface area (Å²) in [6.45, 7) is 4.78. The number of amides is 1. The largest absolute Gasteiger partial charge is 0.493 e. The minimum Gasteiger partial charge on any atom is -0.493 e. The maximum Gasteiger partial charge on any atom is 0.254 e. The number of halogens is 1. The molecule has 3 aromatic rings. The van der Waals surface area contributed by atoms with Gasteiger partial charge in [0.2, 0.25) is 5.75 Å². The van der Waals surface area contributed by atoms with E-state index < -0.39 is 0 Å². The topological polar surface area (TPSA) is 60.9 Å². The van der Waals surface area contributed by atoms with Crippen LogP contribution in [0.25, 0.3) is 0 Å². The second-order valence-electron chi connectivity index (χ2n) is 6.49. The van der Waals surface area contributed by atoms with Crippen LogP contribution in [0.1, 0.15) is 21.1 Å². The Hall–Kier alpha value is -3.03. The number of para-hydroxylation sites is 1. The van der Waals surface area contributed by atoms with Gasteiger partial charge in [0, 0.05) is 22.5 Å². The molecule has 8 heteroatoms. The molecule has 0 aliphatic carbocycles. The fourth-order valence-electron chi connectivity index (χ4n) is 2.93. The lowest BCUT2D eigenvalue weighted by Gasteiger charge is -2.20. The standard InChI is InChI=1S/C23H23ClN2O4S/c1-4-12-26(23(27)16-8-10-17(24)11-9-16)13-18-15-31-21(25-18)14-30-22-19(28-2)6-5-7-20(22)29-3/h4-11,15H,1,12-14H2,2-3H3. The molecule has 0 aliphatic heterocycles. The van der Waals surface area contributed by atoms with Gasteiger partial charge in [-0.2, -0.15) is 0 Å². The first-order valence-corrected chi connectivity index (χ1v) is 10.7. The van der Waals surface area contributed by atoms with Crippen molar-refractivity contribution in [1.82, 2.24) is 9.88 Å². The van der Waals surface area contributed by atoms with E-state index in [1.807, 2.05) is 11.4 Å². The molecule has 1 heterocycles. The van der Waals surface area contributed by atoms with Crippen LogP contribution in [-0.2, 0) is 13.2 Å². The van der Waals surface area contributed by atoms with Crippen LogP contribution in [0.2, 0.25) is 5.02 Å². The summed E-state index contributed by atoms with van der Waals surface area (Å²) in [5.74, 6) is 1.58. The summed E-state index contributed by atoms with van der Waals surface area (Å²) in [5, 5.41) is 3.28. The number of nitrogens with zero attached hydrogens (tertiary/aromatic N) is 2. The van der Waals surface area contributed by atoms with E-state index in [2.05, 4.69) is 11.6 Å². The number of carbonyl (C=O) groups excluding carboxylic acids is 1. The van der Waals surface area contributed by atoms with E-state index in [4.69, 9.17) is 25.8 Å². The number of methoxy groups -OCH3 is 2. The van der Waals surface area contributed by atoms with Gasteiger partial charge in [0.05, 0.1) is 26.5 Å². The Morgan fingerprint density at radius 2 is 1.84 bits per heavy atom. The molecule has 0 saturated carbocycles. The lowest BCUT2D eigenvalue weighted by Crippen LogP contribution is -2.30. The lowest BCUT2D eigenvalue weighted by atomic mass is 10.2. The first kappa shape index (κ1) is 22.7. The number of aromatic nitrogens is 1. The van der Waals surface area contributed by atoms with Crippen LogP contribution in [0.5, 0.6) is 17.2 Å². The zero-order valence-corrected chi connectivity index (χ0v) is 18.9. The fourth-order valence-corrected chi connectivity index (χ4v) is 3.75. The Balaban J connectivity index is 1.69. The smallest absolute Gasteiger partial charge is 0.254 e. The first-order chi connectivity index (χ1) is 15.0. The minimum absolute atomic E-state index is 0.110. The Kier molecular flexibility index (Phi) is 7.92. The number of hydrogen-bond acceptors (Lipinski definition) is 6. The van der Waals surface area contributed by atoms with Gasteiger partial charge >= 0.3 is 0 Å². The highest BCUT2D eigenvalue weighted by Gasteiger charge is 2.17. The third kappa shape index (κ3) is 5.77. The summed E-state index contributed by atoms with van der Waals surface area (Å²) in [6.07, 6.45) is 1.69. The molecule has 0 aliphatic rings. The van der Waals surface area contributed by atoms with E-state index in [9.17, 15) is 4.79 Å². The van der Waals surface area contributed by atoms with Gasteiger partial charge in [0.15, 0.2) is 11.5 Å². The number of benzene rings is 2. The Bertz CT molecular complexity index is 1010. The zero-order valence-electron chi connectivity index (χ0n) is 17.3. The molecule has 0 spiro atoms. The number of thiazole rings is 1. The predicted octanol–water partition coefficient (Wildman–Crippen LogP) is 5.22. The highest BCUT2D eigenvalue weighted by molar-refractivity contribution is 7.09. The van der Waals surface area contributed by atoms with E-state index in [-0.39, 0.29) is 12.5 Å². The predicted molar refractivity (Wildman–Crippen MR) is 122 cm³/mol. The number of hydrogen-bond donors (Lipinski definition) is 0. The highest BCUT2D eigenvalue weighted by atomic mass is 35.5. The normalized spacial score (nSPS) is 10.4. The van der Waals surface area contributed by atoms with Crippen molar-refractivity contribution in [3.63, 3.8) is 0 Å². The van der Waals surface area contributed by atoms with E-state index in [1.54, 1.807) is 61.6 Å². The summed E-state index contributed by atoms with van der Waals surface area (Å²) in [5.41, 5.74) is 1.34. The molecule has 1 aromatic heterocycles. The number of ether oxygens (including phenoxy) is 3. The molecular weight excluding hydrogens is 436 g/mol. The van der Waals surface area contributed by atoms with Crippen molar-refractivity contribution in [2.45, 2.75) is 13.2 Å². The van der Waals surface area contributed by atoms with Gasteiger partial charge in [-0.05, 0) is 36.4 Å². The van der Waals surface area contributed by atoms with Gasteiger partial charge in [-0.3, -0.25) is 4.79 Å². The van der Waals surface area contributed by atoms with Gasteiger partial charge in [0.25, 0.3) is 5.91 Å². The van der Waals surface area contributed by atoms with Crippen molar-refractivity contribution in [3.05, 3.63) is 81.8 Å². The maximum atomic E-state index is 12.9. The van der Waals surface area contributed by atoms with Gasteiger partial charge in [0.1, 0.15) is 11.6 Å². The van der Waals surface area contributed by atoms with Crippen LogP contribution >= 0.6 is 22.9 Å². The molecule has 0 N–H and O–H groups in total. The zero-order chi connectivity index (χ0) is 22.2. The molecule has 6 nitrogen and oxygen atoms in total. The van der Waals surface area contributed by atoms with Gasteiger partial charge in [-0.15, -0.1) is 17.9 Å². The van der Waals surface area contributed by atoms with Crippen molar-refractivity contribution in [2.75, 3.05) is 20.8 Å². The van der Waals surface area contributed by atoms with Crippen molar-refractivity contribution in [1.29, 1.82) is 0 Å². The molecule has 0 bridgehead atoms. The molecule has 162 valence electrons. The van der Waals surface area contributed by atoms with Gasteiger partial charge in [-0.1, -0.05) is 23.7 Å². The molecule has 0 unspecified atom stereocenters. The second-order valence-corrected chi connectivity index (χ2v) is 7.87. The first-order valence-electron chi connectivity index (χ1n) is 9.48. The molecule has 3 rings (SSSR count). The van der Waals surface area contributed by atoms with Crippen molar-refractivity contribution in [2.24, 2.45) is 0 Å². The highest BCUT2D eigenvalue weighted by Crippen LogP contribution is 2.37. The summed E-state index contributed by atoms with van der Waals surface area (Å²) in [7, 11) is 3.16. The molecule has 31 heavy (non-hydrogen) atoms. The fraction of sp³-hybridized carbons (Fsp3) is 0.217. The van der Waals surface area contributed by atoms with Crippen LogP contribution in [-0.4, -0.2) is 36.6 Å². The summed E-state index contributed by atoms with van der Waals surface area (Å²) in [6, 6.07) is 12.3. The van der Waals surface area contributed by atoms with Crippen molar-refractivity contribution >= 4 is 28.8 Å². The van der Waals surface area contributed by atoms with E-state index in [0.29, 0.717) is 40.9 Å². The molecule has 0 radical (unpaired) electrons. The summed E-state index contributed by atoms with van der Waals surface area (Å²) >= 11 is 7.39. The Morgan fingerprint density at radius 1 is 1.16 bits per heavy atom. The molecule has 2 aromatic carbocycles. The number of carbonyl (C=O) groups is 1. The van der Waals surface area contributed by atoms with E-state index in [1.165, 1.54) is 11.3 Å². The average molecular weight is 459 g/mol. The molecular formula is C23H23ClN2O4S. The maximum absolute atomic E-state index is 12.9. The Labute approximate surface area is 190 Å². The molecule has 0 fully saturated rings. The lowest BCUT2D eigenvalue weighted by molar-refractivity contribution is 0.0761. The molecule has 1 amide bonds. The van der Waals surface area contributed by atoms with Crippen LogP contribution in [0.15, 0.2) is 60.5 Å². The van der Waals surface area contributed by atoms with Crippen molar-refractivity contribution < 1.29 is 19.0 Å². The molecule has 0 atom stereocenters. The minimum atomic E-state index is -0.110. The van der Waals surface area contributed by atoms with Gasteiger partial charge in [-0.25, -0.2) is 4.98 Å². The van der Waals surface area contributed by atoms with Crippen molar-refractivity contribution in [3.8, 4) is 17.2 Å². The third-order valence-corrected chi connectivity index (χ3v) is 5.53. The second kappa shape index (κ2) is 10.8. The molecule has 0 saturated heterocycles. The SMILES string of the molecule is C=CCN(Cc1csc(COc2c(OC)cccc2OC)n1)C(=O)c1ccc(Cl)cc1. The summed E-state index contributed by atoms with van der Waals surface area (Å²) < 4.78 is 16.6.